The van der Waals surface area contributed by atoms with Crippen LogP contribution in [0.5, 0.6) is 5.75 Å². The summed E-state index contributed by atoms with van der Waals surface area (Å²) in [5.74, 6) is 0.800. The summed E-state index contributed by atoms with van der Waals surface area (Å²) in [5.41, 5.74) is 4.24. The minimum Gasteiger partial charge on any atom is -0.489 e. The van der Waals surface area contributed by atoms with Crippen molar-refractivity contribution < 1.29 is 19.1 Å². The van der Waals surface area contributed by atoms with Crippen LogP contribution in [-0.2, 0) is 34.0 Å². The first-order chi connectivity index (χ1) is 23.1. The highest BCUT2D eigenvalue weighted by molar-refractivity contribution is 5.90. The van der Waals surface area contributed by atoms with E-state index in [4.69, 9.17) is 4.74 Å². The SMILES string of the molecule is CC(C)C[C@@H](C(=O)N[C@@H](Cc1ccc(OCc2ccccc2)cc1)C(=O)NCCCN1CCCC1=O)N(C)Cc1ccc(N(C)C)cc1. The van der Waals surface area contributed by atoms with Crippen molar-refractivity contribution in [3.05, 3.63) is 95.6 Å². The molecule has 9 nitrogen and oxygen atoms in total. The van der Waals surface area contributed by atoms with Gasteiger partial charge in [-0.2, -0.15) is 0 Å². The lowest BCUT2D eigenvalue weighted by molar-refractivity contribution is -0.132. The van der Waals surface area contributed by atoms with Crippen LogP contribution in [0, 0.1) is 5.92 Å². The summed E-state index contributed by atoms with van der Waals surface area (Å²) in [7, 11) is 5.99. The summed E-state index contributed by atoms with van der Waals surface area (Å²) in [6, 6.07) is 24.9. The minimum absolute atomic E-state index is 0.165. The zero-order valence-electron chi connectivity index (χ0n) is 29.3. The maximum Gasteiger partial charge on any atom is 0.242 e. The van der Waals surface area contributed by atoms with Crippen LogP contribution in [0.4, 0.5) is 5.69 Å². The van der Waals surface area contributed by atoms with Crippen LogP contribution in [-0.4, -0.2) is 80.4 Å². The van der Waals surface area contributed by atoms with Crippen molar-refractivity contribution in [3.63, 3.8) is 0 Å². The number of rotatable bonds is 18. The van der Waals surface area contributed by atoms with Gasteiger partial charge < -0.3 is 25.2 Å². The number of nitrogens with zero attached hydrogens (tertiary/aromatic N) is 3. The van der Waals surface area contributed by atoms with Crippen LogP contribution in [0.25, 0.3) is 0 Å². The van der Waals surface area contributed by atoms with Crippen molar-refractivity contribution >= 4 is 23.4 Å². The second kappa shape index (κ2) is 18.2. The fraction of sp³-hybridized carbons (Fsp3) is 0.462. The number of likely N-dealkylation sites (N-methyl/N-ethyl adjacent to an activating group) is 1. The predicted molar refractivity (Wildman–Crippen MR) is 192 cm³/mol. The van der Waals surface area contributed by atoms with Gasteiger partial charge in [-0.15, -0.1) is 0 Å². The van der Waals surface area contributed by atoms with Gasteiger partial charge in [0.15, 0.2) is 0 Å². The number of carbonyl (C=O) groups excluding carboxylic acids is 3. The van der Waals surface area contributed by atoms with Gasteiger partial charge in [0.2, 0.25) is 17.7 Å². The molecule has 1 heterocycles. The molecule has 0 aromatic heterocycles. The molecule has 0 spiro atoms. The van der Waals surface area contributed by atoms with Crippen LogP contribution >= 0.6 is 0 Å². The number of hydrogen-bond acceptors (Lipinski definition) is 6. The normalized spacial score (nSPS) is 14.2. The summed E-state index contributed by atoms with van der Waals surface area (Å²) in [5, 5.41) is 6.14. The molecule has 1 fully saturated rings. The molecule has 0 saturated carbocycles. The fourth-order valence-corrected chi connectivity index (χ4v) is 5.95. The fourth-order valence-electron chi connectivity index (χ4n) is 5.95. The van der Waals surface area contributed by atoms with Crippen molar-refractivity contribution in [3.8, 4) is 5.75 Å². The molecule has 2 atom stereocenters. The molecule has 9 heteroatoms. The van der Waals surface area contributed by atoms with Gasteiger partial charge in [-0.05, 0) is 73.2 Å². The predicted octanol–water partition coefficient (Wildman–Crippen LogP) is 5.03. The van der Waals surface area contributed by atoms with Gasteiger partial charge in [-0.3, -0.25) is 19.3 Å². The van der Waals surface area contributed by atoms with E-state index in [1.165, 1.54) is 0 Å². The van der Waals surface area contributed by atoms with Gasteiger partial charge in [-0.25, -0.2) is 0 Å². The van der Waals surface area contributed by atoms with Crippen molar-refractivity contribution in [2.45, 2.75) is 71.2 Å². The Morgan fingerprint density at radius 2 is 1.56 bits per heavy atom. The minimum atomic E-state index is -0.760. The van der Waals surface area contributed by atoms with Crippen LogP contribution in [0.1, 0.15) is 56.2 Å². The van der Waals surface area contributed by atoms with Crippen molar-refractivity contribution in [1.82, 2.24) is 20.4 Å². The topological polar surface area (TPSA) is 94.2 Å². The lowest BCUT2D eigenvalue weighted by Crippen LogP contribution is -2.54. The zero-order chi connectivity index (χ0) is 34.5. The van der Waals surface area contributed by atoms with E-state index in [0.29, 0.717) is 51.9 Å². The average Bonchev–Trinajstić information content (AvgIpc) is 3.49. The quantitative estimate of drug-likeness (QED) is 0.187. The lowest BCUT2D eigenvalue weighted by atomic mass is 9.99. The molecule has 0 aliphatic carbocycles. The first kappa shape index (κ1) is 36.5. The van der Waals surface area contributed by atoms with E-state index in [0.717, 1.165) is 41.1 Å². The molecule has 2 N–H and O–H groups in total. The highest BCUT2D eigenvalue weighted by Gasteiger charge is 2.29. The highest BCUT2D eigenvalue weighted by atomic mass is 16.5. The molecule has 1 saturated heterocycles. The van der Waals surface area contributed by atoms with E-state index in [9.17, 15) is 14.4 Å². The lowest BCUT2D eigenvalue weighted by Gasteiger charge is -2.30. The molecule has 3 aromatic rings. The molecule has 3 amide bonds. The number of likely N-dealkylation sites (tertiary alicyclic amines) is 1. The molecular formula is C39H53N5O4. The molecule has 48 heavy (non-hydrogen) atoms. The molecule has 0 unspecified atom stereocenters. The Morgan fingerprint density at radius 3 is 2.19 bits per heavy atom. The first-order valence-electron chi connectivity index (χ1n) is 17.2. The molecule has 1 aliphatic rings. The van der Waals surface area contributed by atoms with Gasteiger partial charge >= 0.3 is 0 Å². The third kappa shape index (κ3) is 11.4. The summed E-state index contributed by atoms with van der Waals surface area (Å²) < 4.78 is 5.96. The van der Waals surface area contributed by atoms with E-state index in [-0.39, 0.29) is 23.6 Å². The number of amides is 3. The number of nitrogens with one attached hydrogen (secondary N) is 2. The second-order valence-corrected chi connectivity index (χ2v) is 13.4. The number of hydrogen-bond donors (Lipinski definition) is 2. The Hall–Kier alpha value is -4.37. The van der Waals surface area contributed by atoms with Crippen molar-refractivity contribution in [1.29, 1.82) is 0 Å². The number of benzene rings is 3. The maximum absolute atomic E-state index is 14.0. The summed E-state index contributed by atoms with van der Waals surface area (Å²) in [6.45, 7) is 7.12. The van der Waals surface area contributed by atoms with E-state index >= 15 is 0 Å². The van der Waals surface area contributed by atoms with Crippen molar-refractivity contribution in [2.24, 2.45) is 5.92 Å². The Bertz CT molecular complexity index is 1440. The number of anilines is 1. The molecular weight excluding hydrogens is 602 g/mol. The van der Waals surface area contributed by atoms with Crippen LogP contribution < -0.4 is 20.3 Å². The van der Waals surface area contributed by atoms with E-state index < -0.39 is 12.1 Å². The zero-order valence-corrected chi connectivity index (χ0v) is 29.3. The largest absolute Gasteiger partial charge is 0.489 e. The summed E-state index contributed by atoms with van der Waals surface area (Å²) >= 11 is 0. The van der Waals surface area contributed by atoms with Crippen LogP contribution in [0.15, 0.2) is 78.9 Å². The Morgan fingerprint density at radius 1 is 0.875 bits per heavy atom. The van der Waals surface area contributed by atoms with Gasteiger partial charge in [0.1, 0.15) is 18.4 Å². The molecule has 0 radical (unpaired) electrons. The second-order valence-electron chi connectivity index (χ2n) is 13.4. The Labute approximate surface area is 286 Å². The summed E-state index contributed by atoms with van der Waals surface area (Å²) in [6.07, 6.45) is 3.15. The monoisotopic (exact) mass is 655 g/mol. The molecule has 1 aliphatic heterocycles. The van der Waals surface area contributed by atoms with Gasteiger partial charge in [0, 0.05) is 58.8 Å². The van der Waals surface area contributed by atoms with E-state index in [1.807, 2.05) is 80.6 Å². The van der Waals surface area contributed by atoms with E-state index in [1.54, 1.807) is 0 Å². The average molecular weight is 656 g/mol. The first-order valence-corrected chi connectivity index (χ1v) is 17.2. The standard InChI is InChI=1S/C39H53N5O4/c1-29(2)25-36(43(5)27-31-14-18-33(19-15-31)42(3)4)39(47)41-35(38(46)40-22-10-24-44-23-9-13-37(44)45)26-30-16-20-34(21-17-30)48-28-32-11-7-6-8-12-32/h6-8,11-12,14-21,29,35-36H,9-10,13,22-28H2,1-5H3,(H,40,46)(H,41,47)/t35-,36-/m0/s1. The Balaban J connectivity index is 1.43. The van der Waals surface area contributed by atoms with Gasteiger partial charge in [0.25, 0.3) is 0 Å². The highest BCUT2D eigenvalue weighted by Crippen LogP contribution is 2.19. The Kier molecular flexibility index (Phi) is 13.9. The van der Waals surface area contributed by atoms with Gasteiger partial charge in [-0.1, -0.05) is 68.4 Å². The molecule has 3 aromatic carbocycles. The molecule has 4 rings (SSSR count). The third-order valence-electron chi connectivity index (χ3n) is 8.73. The van der Waals surface area contributed by atoms with Crippen LogP contribution in [0.2, 0.25) is 0 Å². The maximum atomic E-state index is 14.0. The third-order valence-corrected chi connectivity index (χ3v) is 8.73. The number of ether oxygens (including phenoxy) is 1. The van der Waals surface area contributed by atoms with Crippen molar-refractivity contribution in [2.75, 3.05) is 45.7 Å². The smallest absolute Gasteiger partial charge is 0.242 e. The number of carbonyl (C=O) groups is 3. The van der Waals surface area contributed by atoms with E-state index in [2.05, 4.69) is 58.5 Å². The van der Waals surface area contributed by atoms with Crippen LogP contribution in [0.3, 0.4) is 0 Å². The van der Waals surface area contributed by atoms with Gasteiger partial charge in [0.05, 0.1) is 6.04 Å². The summed E-state index contributed by atoms with van der Waals surface area (Å²) in [4.78, 5) is 45.6. The molecule has 258 valence electrons. The molecule has 0 bridgehead atoms.